The quantitative estimate of drug-likeness (QED) is 0.828. The van der Waals surface area contributed by atoms with Crippen molar-refractivity contribution in [2.75, 3.05) is 6.79 Å². The van der Waals surface area contributed by atoms with Gasteiger partial charge in [0, 0.05) is 5.92 Å². The van der Waals surface area contributed by atoms with Crippen LogP contribution in [-0.4, -0.2) is 20.5 Å². The van der Waals surface area contributed by atoms with Gasteiger partial charge in [-0.2, -0.15) is 10.5 Å². The molecule has 0 aromatic heterocycles. The van der Waals surface area contributed by atoms with E-state index in [-0.39, 0.29) is 11.7 Å². The number of nitriles is 2. The van der Waals surface area contributed by atoms with Crippen molar-refractivity contribution in [3.05, 3.63) is 53.6 Å². The first-order chi connectivity index (χ1) is 12.4. The summed E-state index contributed by atoms with van der Waals surface area (Å²) in [5.41, 5.74) is -0.103. The van der Waals surface area contributed by atoms with E-state index in [2.05, 4.69) is 0 Å². The molecule has 2 aliphatic rings. The number of sulfone groups is 1. The standard InChI is InChI=1S/C19H14N2O4S/c1-12-2-5-14(6-3-12)26(22,23)18-17(19(18,9-20)10-21)13-4-7-15-16(8-13)25-11-24-15/h2-8,17-18H,11H2,1H3/t17-,18+/m1/s1. The lowest BCUT2D eigenvalue weighted by Gasteiger charge is -2.05. The topological polar surface area (TPSA) is 100 Å². The van der Waals surface area contributed by atoms with Gasteiger partial charge < -0.3 is 9.47 Å². The highest BCUT2D eigenvalue weighted by Crippen LogP contribution is 2.64. The van der Waals surface area contributed by atoms with Crippen LogP contribution in [0.4, 0.5) is 0 Å². The van der Waals surface area contributed by atoms with Gasteiger partial charge in [-0.1, -0.05) is 23.8 Å². The molecule has 7 heteroatoms. The summed E-state index contributed by atoms with van der Waals surface area (Å²) < 4.78 is 36.8. The van der Waals surface area contributed by atoms with Gasteiger partial charge in [0.05, 0.1) is 17.0 Å². The van der Waals surface area contributed by atoms with E-state index in [1.165, 1.54) is 12.1 Å². The summed E-state index contributed by atoms with van der Waals surface area (Å²) in [4.78, 5) is 0.117. The van der Waals surface area contributed by atoms with Gasteiger partial charge in [-0.15, -0.1) is 0 Å². The average molecular weight is 366 g/mol. The van der Waals surface area contributed by atoms with Gasteiger partial charge in [0.25, 0.3) is 0 Å². The van der Waals surface area contributed by atoms with Crippen LogP contribution < -0.4 is 9.47 Å². The van der Waals surface area contributed by atoms with Crippen molar-refractivity contribution in [2.45, 2.75) is 23.0 Å². The molecule has 130 valence electrons. The number of hydrogen-bond donors (Lipinski definition) is 0. The van der Waals surface area contributed by atoms with E-state index in [1.807, 2.05) is 19.1 Å². The monoisotopic (exact) mass is 366 g/mol. The Morgan fingerprint density at radius 3 is 2.35 bits per heavy atom. The SMILES string of the molecule is Cc1ccc(S(=O)(=O)[C@H]2[C@@H](c3ccc4c(c3)OCO4)C2(C#N)C#N)cc1. The van der Waals surface area contributed by atoms with E-state index < -0.39 is 26.4 Å². The molecule has 26 heavy (non-hydrogen) atoms. The van der Waals surface area contributed by atoms with E-state index in [9.17, 15) is 18.9 Å². The molecule has 4 rings (SSSR count). The van der Waals surface area contributed by atoms with Gasteiger partial charge in [-0.25, -0.2) is 8.42 Å². The van der Waals surface area contributed by atoms with Crippen molar-refractivity contribution in [1.29, 1.82) is 10.5 Å². The minimum Gasteiger partial charge on any atom is -0.454 e. The largest absolute Gasteiger partial charge is 0.454 e. The molecule has 0 amide bonds. The second-order valence-electron chi connectivity index (χ2n) is 6.46. The predicted molar refractivity (Wildman–Crippen MR) is 91.1 cm³/mol. The Morgan fingerprint density at radius 1 is 1.04 bits per heavy atom. The zero-order chi connectivity index (χ0) is 18.5. The molecule has 1 heterocycles. The van der Waals surface area contributed by atoms with Crippen molar-refractivity contribution in [2.24, 2.45) is 5.41 Å². The first-order valence-corrected chi connectivity index (χ1v) is 9.51. The second kappa shape index (κ2) is 5.48. The summed E-state index contributed by atoms with van der Waals surface area (Å²) in [7, 11) is -3.84. The fourth-order valence-corrected chi connectivity index (χ4v) is 5.69. The van der Waals surface area contributed by atoms with Crippen LogP contribution in [0.5, 0.6) is 11.5 Å². The Labute approximate surface area is 151 Å². The zero-order valence-corrected chi connectivity index (χ0v) is 14.7. The van der Waals surface area contributed by atoms with Gasteiger partial charge in [0.1, 0.15) is 5.25 Å². The molecule has 0 unspecified atom stereocenters. The fourth-order valence-electron chi connectivity index (χ4n) is 3.49. The molecule has 6 nitrogen and oxygen atoms in total. The van der Waals surface area contributed by atoms with Crippen molar-refractivity contribution >= 4 is 9.84 Å². The smallest absolute Gasteiger partial charge is 0.231 e. The van der Waals surface area contributed by atoms with Crippen LogP contribution in [0.15, 0.2) is 47.4 Å². The molecule has 1 fully saturated rings. The lowest BCUT2D eigenvalue weighted by atomic mass is 10.0. The molecule has 1 aliphatic carbocycles. The van der Waals surface area contributed by atoms with Crippen molar-refractivity contribution in [1.82, 2.24) is 0 Å². The number of hydrogen-bond acceptors (Lipinski definition) is 6. The molecule has 0 spiro atoms. The highest BCUT2D eigenvalue weighted by atomic mass is 32.2. The van der Waals surface area contributed by atoms with Crippen LogP contribution in [0, 0.1) is 35.0 Å². The Morgan fingerprint density at radius 2 is 1.69 bits per heavy atom. The number of nitrogens with zero attached hydrogens (tertiary/aromatic N) is 2. The molecule has 0 bridgehead atoms. The molecule has 0 saturated heterocycles. The highest BCUT2D eigenvalue weighted by Gasteiger charge is 2.73. The van der Waals surface area contributed by atoms with Crippen molar-refractivity contribution in [3.8, 4) is 23.6 Å². The van der Waals surface area contributed by atoms with Crippen LogP contribution in [0.25, 0.3) is 0 Å². The number of benzene rings is 2. The van der Waals surface area contributed by atoms with Gasteiger partial charge in [0.15, 0.2) is 26.8 Å². The lowest BCUT2D eigenvalue weighted by Crippen LogP contribution is -2.14. The summed E-state index contributed by atoms with van der Waals surface area (Å²) in [6.45, 7) is 1.95. The van der Waals surface area contributed by atoms with Gasteiger partial charge >= 0.3 is 0 Å². The summed E-state index contributed by atoms with van der Waals surface area (Å²) in [5.74, 6) is 0.316. The van der Waals surface area contributed by atoms with E-state index >= 15 is 0 Å². The Hall–Kier alpha value is -3.03. The minimum atomic E-state index is -3.84. The van der Waals surface area contributed by atoms with Crippen LogP contribution in [0.3, 0.4) is 0 Å². The molecule has 0 N–H and O–H groups in total. The maximum absolute atomic E-state index is 13.1. The van der Waals surface area contributed by atoms with Crippen LogP contribution in [0.1, 0.15) is 17.0 Å². The molecular formula is C19H14N2O4S. The van der Waals surface area contributed by atoms with Crippen LogP contribution in [-0.2, 0) is 9.84 Å². The summed E-state index contributed by atoms with van der Waals surface area (Å²) in [6, 6.07) is 15.3. The minimum absolute atomic E-state index is 0.0934. The molecule has 2 atom stereocenters. The number of aryl methyl sites for hydroxylation is 1. The van der Waals surface area contributed by atoms with Gasteiger partial charge in [0.2, 0.25) is 6.79 Å². The molecule has 1 aliphatic heterocycles. The average Bonchev–Trinajstić information content (AvgIpc) is 3.12. The molecular weight excluding hydrogens is 352 g/mol. The zero-order valence-electron chi connectivity index (χ0n) is 13.8. The summed E-state index contributed by atoms with van der Waals surface area (Å²) in [6.07, 6.45) is 0. The number of fused-ring (bicyclic) bond motifs is 1. The van der Waals surface area contributed by atoms with Crippen molar-refractivity contribution < 1.29 is 17.9 Å². The third-order valence-corrected chi connectivity index (χ3v) is 7.18. The first-order valence-electron chi connectivity index (χ1n) is 7.96. The van der Waals surface area contributed by atoms with Gasteiger partial charge in [-0.3, -0.25) is 0 Å². The van der Waals surface area contributed by atoms with Crippen LogP contribution in [0.2, 0.25) is 0 Å². The summed E-state index contributed by atoms with van der Waals surface area (Å²) >= 11 is 0. The number of ether oxygens (including phenoxy) is 2. The van der Waals surface area contributed by atoms with Crippen LogP contribution >= 0.6 is 0 Å². The Balaban J connectivity index is 1.79. The highest BCUT2D eigenvalue weighted by molar-refractivity contribution is 7.92. The third kappa shape index (κ3) is 2.18. The molecule has 0 radical (unpaired) electrons. The Kier molecular flexibility index (Phi) is 3.47. The maximum Gasteiger partial charge on any atom is 0.231 e. The first kappa shape index (κ1) is 16.4. The lowest BCUT2D eigenvalue weighted by molar-refractivity contribution is 0.174. The Bertz CT molecular complexity index is 1060. The normalized spacial score (nSPS) is 22.3. The van der Waals surface area contributed by atoms with E-state index in [0.717, 1.165) is 5.56 Å². The van der Waals surface area contributed by atoms with Gasteiger partial charge in [-0.05, 0) is 36.8 Å². The van der Waals surface area contributed by atoms with Crippen molar-refractivity contribution in [3.63, 3.8) is 0 Å². The third-order valence-electron chi connectivity index (χ3n) is 4.94. The fraction of sp³-hybridized carbons (Fsp3) is 0.263. The van der Waals surface area contributed by atoms with E-state index in [1.54, 1.807) is 30.3 Å². The summed E-state index contributed by atoms with van der Waals surface area (Å²) in [5, 5.41) is 18.1. The second-order valence-corrected chi connectivity index (χ2v) is 8.53. The molecule has 2 aromatic rings. The maximum atomic E-state index is 13.1. The predicted octanol–water partition coefficient (Wildman–Crippen LogP) is 2.70. The molecule has 2 aromatic carbocycles. The van der Waals surface area contributed by atoms with E-state index in [0.29, 0.717) is 17.1 Å². The number of rotatable bonds is 3. The van der Waals surface area contributed by atoms with E-state index in [4.69, 9.17) is 9.47 Å². The molecule has 1 saturated carbocycles.